The van der Waals surface area contributed by atoms with E-state index in [1.807, 2.05) is 48.0 Å². The third-order valence-corrected chi connectivity index (χ3v) is 7.42. The van der Waals surface area contributed by atoms with Crippen LogP contribution in [-0.4, -0.2) is 83.1 Å². The summed E-state index contributed by atoms with van der Waals surface area (Å²) in [6.45, 7) is 9.73. The number of carbonyl (C=O) groups is 2. The molecule has 1 saturated heterocycles. The molecule has 4 rings (SSSR count). The van der Waals surface area contributed by atoms with Crippen LogP contribution in [0.1, 0.15) is 60.6 Å². The number of piperidine rings is 1. The number of unbranched alkanes of at least 4 members (excludes halogenated alkanes) is 1. The van der Waals surface area contributed by atoms with Crippen molar-refractivity contribution in [1.29, 1.82) is 0 Å². The minimum atomic E-state index is -0.931. The lowest BCUT2D eigenvalue weighted by molar-refractivity contribution is -0.143. The van der Waals surface area contributed by atoms with Crippen LogP contribution in [0.3, 0.4) is 0 Å². The van der Waals surface area contributed by atoms with Gasteiger partial charge in [-0.25, -0.2) is 9.48 Å². The minimum absolute atomic E-state index is 0. The van der Waals surface area contributed by atoms with Crippen LogP contribution in [-0.2, 0) is 16.0 Å². The van der Waals surface area contributed by atoms with Crippen molar-refractivity contribution in [2.24, 2.45) is 11.8 Å². The summed E-state index contributed by atoms with van der Waals surface area (Å²) < 4.78 is 22.1. The van der Waals surface area contributed by atoms with E-state index in [1.54, 1.807) is 11.8 Å². The van der Waals surface area contributed by atoms with Gasteiger partial charge in [0.2, 0.25) is 0 Å². The molecule has 3 aromatic rings. The van der Waals surface area contributed by atoms with Crippen LogP contribution in [0.15, 0.2) is 37.9 Å². The number of ether oxygens (including phenoxy) is 2. The first-order valence-corrected chi connectivity index (χ1v) is 14.4. The van der Waals surface area contributed by atoms with E-state index in [0.717, 1.165) is 29.8 Å². The first-order chi connectivity index (χ1) is 20.1. The number of aryl methyl sites for hydroxylation is 2. The molecule has 0 unspecified atom stereocenters. The highest BCUT2D eigenvalue weighted by atomic mass is 35.5. The van der Waals surface area contributed by atoms with Crippen LogP contribution in [0.4, 0.5) is 0 Å². The Balaban J connectivity index is 0.00000506. The van der Waals surface area contributed by atoms with Crippen LogP contribution >= 0.6 is 12.4 Å². The van der Waals surface area contributed by atoms with Gasteiger partial charge >= 0.3 is 17.7 Å². The number of esters is 1. The molecule has 13 heteroatoms. The number of nitrogens with zero attached hydrogens (tertiary/aromatic N) is 5. The molecular formula is C30H42ClN5O7. The molecule has 1 aliphatic heterocycles. The lowest BCUT2D eigenvalue weighted by atomic mass is 9.92. The second-order valence-corrected chi connectivity index (χ2v) is 11.4. The summed E-state index contributed by atoms with van der Waals surface area (Å²) in [5.74, 6) is -2.21. The van der Waals surface area contributed by atoms with Crippen molar-refractivity contribution in [2.75, 3.05) is 40.4 Å². The van der Waals surface area contributed by atoms with Gasteiger partial charge in [-0.2, -0.15) is 0 Å². The summed E-state index contributed by atoms with van der Waals surface area (Å²) in [5, 5.41) is 8.88. The number of aromatic nitrogens is 3. The van der Waals surface area contributed by atoms with Crippen LogP contribution in [0.25, 0.3) is 5.69 Å². The Morgan fingerprint density at radius 2 is 1.88 bits per heavy atom. The summed E-state index contributed by atoms with van der Waals surface area (Å²) >= 11 is 0. The maximum atomic E-state index is 14.3. The molecule has 3 heterocycles. The molecule has 236 valence electrons. The molecule has 1 fully saturated rings. The van der Waals surface area contributed by atoms with Gasteiger partial charge in [-0.3, -0.25) is 9.59 Å². The lowest BCUT2D eigenvalue weighted by Crippen LogP contribution is -2.54. The second kappa shape index (κ2) is 15.3. The van der Waals surface area contributed by atoms with E-state index in [-0.39, 0.29) is 42.0 Å². The summed E-state index contributed by atoms with van der Waals surface area (Å²) in [6, 6.07) is 7.61. The van der Waals surface area contributed by atoms with Crippen molar-refractivity contribution in [2.45, 2.75) is 59.4 Å². The third kappa shape index (κ3) is 8.33. The van der Waals surface area contributed by atoms with E-state index in [9.17, 15) is 14.4 Å². The van der Waals surface area contributed by atoms with Crippen LogP contribution in [0, 0.1) is 25.7 Å². The highest BCUT2D eigenvalue weighted by Crippen LogP contribution is 2.27. The molecule has 43 heavy (non-hydrogen) atoms. The Labute approximate surface area is 257 Å². The molecule has 1 amide bonds. The summed E-state index contributed by atoms with van der Waals surface area (Å²) in [5.41, 5.74) is 2.98. The standard InChI is InChI=1S/C30H41N5O7.ClH/c1-19(2)16-34(23-15-22(17-33(5)18-23)28(37)41-29-21(4)40-30(38)42-29)27(36)26-25(13-9-10-14-39-6)35(32-31-26)24-12-8-7-11-20(24)3;/h7-8,11-12,19,22-23H,9-10,13-18H2,1-6H3;1H/t22-,23+;/m1./s1. The highest BCUT2D eigenvalue weighted by Gasteiger charge is 2.38. The second-order valence-electron chi connectivity index (χ2n) is 11.4. The van der Waals surface area contributed by atoms with E-state index in [4.69, 9.17) is 18.3 Å². The van der Waals surface area contributed by atoms with Gasteiger partial charge in [0.15, 0.2) is 11.5 Å². The number of halogens is 1. The van der Waals surface area contributed by atoms with E-state index >= 15 is 0 Å². The third-order valence-electron chi connectivity index (χ3n) is 7.42. The molecule has 0 N–H and O–H groups in total. The Kier molecular flexibility index (Phi) is 12.1. The first kappa shape index (κ1) is 34.0. The van der Waals surface area contributed by atoms with E-state index in [2.05, 4.69) is 24.2 Å². The fourth-order valence-corrected chi connectivity index (χ4v) is 5.44. The molecule has 1 aromatic carbocycles. The maximum Gasteiger partial charge on any atom is 0.521 e. The number of benzene rings is 1. The monoisotopic (exact) mass is 619 g/mol. The van der Waals surface area contributed by atoms with Gasteiger partial charge < -0.3 is 28.1 Å². The number of rotatable bonds is 12. The van der Waals surface area contributed by atoms with Gasteiger partial charge in [-0.15, -0.1) is 17.5 Å². The molecule has 0 bridgehead atoms. The normalized spacial score (nSPS) is 17.1. The molecule has 0 saturated carbocycles. The van der Waals surface area contributed by atoms with Crippen molar-refractivity contribution < 1.29 is 27.9 Å². The zero-order valence-corrected chi connectivity index (χ0v) is 26.5. The van der Waals surface area contributed by atoms with Crippen LogP contribution in [0.2, 0.25) is 0 Å². The molecule has 0 spiro atoms. The van der Waals surface area contributed by atoms with Crippen molar-refractivity contribution in [3.05, 3.63) is 57.6 Å². The quantitative estimate of drug-likeness (QED) is 0.217. The van der Waals surface area contributed by atoms with Crippen molar-refractivity contribution in [3.8, 4) is 11.6 Å². The highest BCUT2D eigenvalue weighted by molar-refractivity contribution is 5.94. The number of para-hydroxylation sites is 1. The molecule has 0 radical (unpaired) electrons. The number of likely N-dealkylation sites (tertiary alicyclic amines) is 1. The average molecular weight is 620 g/mol. The van der Waals surface area contributed by atoms with Crippen LogP contribution in [0.5, 0.6) is 5.95 Å². The Hall–Kier alpha value is -3.48. The van der Waals surface area contributed by atoms with Crippen molar-refractivity contribution in [3.63, 3.8) is 0 Å². The Morgan fingerprint density at radius 3 is 2.53 bits per heavy atom. The van der Waals surface area contributed by atoms with Gasteiger partial charge in [-0.05, 0) is 57.2 Å². The van der Waals surface area contributed by atoms with E-state index in [0.29, 0.717) is 44.8 Å². The summed E-state index contributed by atoms with van der Waals surface area (Å²) in [7, 11) is 3.58. The predicted molar refractivity (Wildman–Crippen MR) is 161 cm³/mol. The Morgan fingerprint density at radius 1 is 1.14 bits per heavy atom. The maximum absolute atomic E-state index is 14.3. The van der Waals surface area contributed by atoms with Crippen molar-refractivity contribution in [1.82, 2.24) is 24.8 Å². The van der Waals surface area contributed by atoms with Gasteiger partial charge in [0, 0.05) is 46.3 Å². The topological polar surface area (TPSA) is 133 Å². The number of hydrogen-bond acceptors (Lipinski definition) is 10. The smallest absolute Gasteiger partial charge is 0.392 e. The predicted octanol–water partition coefficient (Wildman–Crippen LogP) is 3.85. The van der Waals surface area contributed by atoms with Gasteiger partial charge in [-0.1, -0.05) is 37.3 Å². The summed E-state index contributed by atoms with van der Waals surface area (Å²) in [4.78, 5) is 42.7. The van der Waals surface area contributed by atoms with Crippen LogP contribution < -0.4 is 10.6 Å². The fourth-order valence-electron chi connectivity index (χ4n) is 5.44. The molecule has 1 aliphatic rings. The SMILES string of the molecule is COCCCCc1c(C(=O)N(CC(C)C)[C@H]2C[C@@H](C(=O)Oc3oc(=O)oc3C)CN(C)C2)nnn1-c1ccccc1C.Cl. The zero-order chi connectivity index (χ0) is 30.4. The number of methoxy groups -OCH3 is 1. The first-order valence-electron chi connectivity index (χ1n) is 14.4. The van der Waals surface area contributed by atoms with Crippen molar-refractivity contribution >= 4 is 24.3 Å². The van der Waals surface area contributed by atoms with E-state index in [1.165, 1.54) is 6.92 Å². The minimum Gasteiger partial charge on any atom is -0.392 e. The average Bonchev–Trinajstić information content (AvgIpc) is 3.50. The van der Waals surface area contributed by atoms with Gasteiger partial charge in [0.05, 0.1) is 17.3 Å². The number of amides is 1. The molecule has 2 atom stereocenters. The van der Waals surface area contributed by atoms with Gasteiger partial charge in [0.25, 0.3) is 5.91 Å². The largest absolute Gasteiger partial charge is 0.521 e. The summed E-state index contributed by atoms with van der Waals surface area (Å²) in [6.07, 6.45) is 2.64. The van der Waals surface area contributed by atoms with Gasteiger partial charge in [0.1, 0.15) is 0 Å². The Bertz CT molecular complexity index is 1430. The zero-order valence-electron chi connectivity index (χ0n) is 25.7. The number of carbonyl (C=O) groups excluding carboxylic acids is 2. The molecule has 0 aliphatic carbocycles. The lowest BCUT2D eigenvalue weighted by Gasteiger charge is -2.41. The fraction of sp³-hybridized carbons (Fsp3) is 0.567. The molecular weight excluding hydrogens is 578 g/mol. The van der Waals surface area contributed by atoms with E-state index < -0.39 is 17.7 Å². The number of hydrogen-bond donors (Lipinski definition) is 0. The molecule has 12 nitrogen and oxygen atoms in total. The number of likely N-dealkylation sites (N-methyl/N-ethyl adjacent to an activating group) is 1. The molecule has 2 aromatic heterocycles.